The normalized spacial score (nSPS) is 28.7. The summed E-state index contributed by atoms with van der Waals surface area (Å²) in [6.45, 7) is 7.03. The highest BCUT2D eigenvalue weighted by atomic mass is 28.3. The Morgan fingerprint density at radius 3 is 2.00 bits per heavy atom. The molecule has 0 saturated heterocycles. The fourth-order valence-corrected chi connectivity index (χ4v) is 4.51. The van der Waals surface area contributed by atoms with Crippen LogP contribution in [-0.4, -0.2) is 23.5 Å². The first-order valence-electron chi connectivity index (χ1n) is 5.54. The largest absolute Gasteiger partial charge is 0.400 e. The molecule has 0 aliphatic heterocycles. The van der Waals surface area contributed by atoms with E-state index in [9.17, 15) is 0 Å². The molecule has 84 valence electrons. The molecule has 1 rings (SSSR count). The van der Waals surface area contributed by atoms with Gasteiger partial charge in [-0.2, -0.15) is 0 Å². The summed E-state index contributed by atoms with van der Waals surface area (Å²) in [6, 6.07) is 0. The van der Waals surface area contributed by atoms with E-state index < -0.39 is 9.28 Å². The van der Waals surface area contributed by atoms with Gasteiger partial charge >= 0.3 is 9.28 Å². The molecule has 0 aromatic heterocycles. The maximum absolute atomic E-state index is 5.46. The van der Waals surface area contributed by atoms with Gasteiger partial charge in [0.15, 0.2) is 0 Å². The minimum Gasteiger partial charge on any atom is -0.400 e. The van der Waals surface area contributed by atoms with Gasteiger partial charge in [-0.05, 0) is 30.6 Å². The molecule has 2 nitrogen and oxygen atoms in total. The van der Waals surface area contributed by atoms with E-state index in [2.05, 4.69) is 20.8 Å². The van der Waals surface area contributed by atoms with Crippen molar-refractivity contribution in [3.05, 3.63) is 0 Å². The Balaban J connectivity index is 2.48. The van der Waals surface area contributed by atoms with Crippen LogP contribution in [0.15, 0.2) is 0 Å². The third-order valence-electron chi connectivity index (χ3n) is 3.55. The summed E-state index contributed by atoms with van der Waals surface area (Å²) in [6.07, 6.45) is 3.97. The van der Waals surface area contributed by atoms with Crippen LogP contribution in [0.1, 0.15) is 40.0 Å². The summed E-state index contributed by atoms with van der Waals surface area (Å²) in [7, 11) is 2.24. The molecule has 0 radical (unpaired) electrons. The second-order valence-electron chi connectivity index (χ2n) is 5.48. The predicted octanol–water partition coefficient (Wildman–Crippen LogP) is 2.72. The maximum atomic E-state index is 5.46. The van der Waals surface area contributed by atoms with Gasteiger partial charge in [-0.1, -0.05) is 20.8 Å². The Morgan fingerprint density at radius 1 is 1.07 bits per heavy atom. The molecule has 1 saturated carbocycles. The zero-order chi connectivity index (χ0) is 10.8. The van der Waals surface area contributed by atoms with Crippen LogP contribution in [0.5, 0.6) is 0 Å². The minimum absolute atomic E-state index is 0.454. The van der Waals surface area contributed by atoms with Gasteiger partial charge in [0.1, 0.15) is 0 Å². The quantitative estimate of drug-likeness (QED) is 0.675. The first-order chi connectivity index (χ1) is 6.49. The fourth-order valence-electron chi connectivity index (χ4n) is 2.53. The lowest BCUT2D eigenvalue weighted by atomic mass is 9.80. The van der Waals surface area contributed by atoms with Crippen LogP contribution in [-0.2, 0) is 8.85 Å². The van der Waals surface area contributed by atoms with Crippen molar-refractivity contribution in [2.45, 2.75) is 45.6 Å². The van der Waals surface area contributed by atoms with Crippen LogP contribution in [0.2, 0.25) is 5.54 Å². The Labute approximate surface area is 89.8 Å². The average Bonchev–Trinajstić information content (AvgIpc) is 2.54. The Bertz CT molecular complexity index is 173. The van der Waals surface area contributed by atoms with Crippen LogP contribution in [0, 0.1) is 11.3 Å². The van der Waals surface area contributed by atoms with Crippen molar-refractivity contribution in [3.63, 3.8) is 0 Å². The first-order valence-corrected chi connectivity index (χ1v) is 7.15. The number of hydrogen-bond acceptors (Lipinski definition) is 2. The summed E-state index contributed by atoms with van der Waals surface area (Å²) in [5.41, 5.74) is 1.18. The Morgan fingerprint density at radius 2 is 1.64 bits per heavy atom. The van der Waals surface area contributed by atoms with E-state index in [4.69, 9.17) is 8.85 Å². The molecule has 1 aliphatic rings. The summed E-state index contributed by atoms with van der Waals surface area (Å²) < 4.78 is 10.9. The Hall–Kier alpha value is 0.137. The molecule has 14 heavy (non-hydrogen) atoms. The Kier molecular flexibility index (Phi) is 4.16. The predicted molar refractivity (Wildman–Crippen MR) is 61.7 cm³/mol. The van der Waals surface area contributed by atoms with Crippen LogP contribution < -0.4 is 0 Å². The van der Waals surface area contributed by atoms with E-state index in [1.165, 1.54) is 19.3 Å². The zero-order valence-corrected chi connectivity index (χ0v) is 11.3. The van der Waals surface area contributed by atoms with Crippen molar-refractivity contribution in [2.24, 2.45) is 11.3 Å². The molecule has 2 atom stereocenters. The van der Waals surface area contributed by atoms with Crippen molar-refractivity contribution in [3.8, 4) is 0 Å². The molecule has 0 N–H and O–H groups in total. The van der Waals surface area contributed by atoms with Gasteiger partial charge in [-0.25, -0.2) is 0 Å². The third kappa shape index (κ3) is 2.81. The molecular weight excluding hydrogens is 192 g/mol. The third-order valence-corrected chi connectivity index (χ3v) is 5.85. The molecule has 3 heteroatoms. The summed E-state index contributed by atoms with van der Waals surface area (Å²) in [4.78, 5) is 0. The molecule has 0 spiro atoms. The van der Waals surface area contributed by atoms with Crippen LogP contribution in [0.25, 0.3) is 0 Å². The lowest BCUT2D eigenvalue weighted by Crippen LogP contribution is -2.26. The SMILES string of the molecule is CO[SiH](OC)C1CCC(C(C)(C)C)C1. The molecule has 2 unspecified atom stereocenters. The molecular formula is C11H24O2Si. The number of rotatable bonds is 3. The highest BCUT2D eigenvalue weighted by Gasteiger charge is 2.37. The van der Waals surface area contributed by atoms with E-state index in [0.717, 1.165) is 11.5 Å². The standard InChI is InChI=1S/C11H24O2Si/c1-11(2,3)9-6-7-10(8-9)14(12-4)13-5/h9-10,14H,6-8H2,1-5H3. The topological polar surface area (TPSA) is 18.5 Å². The molecule has 0 bridgehead atoms. The van der Waals surface area contributed by atoms with E-state index in [1.54, 1.807) is 14.2 Å². The van der Waals surface area contributed by atoms with Crippen molar-refractivity contribution in [1.82, 2.24) is 0 Å². The van der Waals surface area contributed by atoms with Crippen LogP contribution in [0.4, 0.5) is 0 Å². The van der Waals surface area contributed by atoms with Crippen molar-refractivity contribution in [1.29, 1.82) is 0 Å². The highest BCUT2D eigenvalue weighted by Crippen LogP contribution is 2.45. The van der Waals surface area contributed by atoms with Crippen molar-refractivity contribution >= 4 is 9.28 Å². The van der Waals surface area contributed by atoms with Crippen molar-refractivity contribution in [2.75, 3.05) is 14.2 Å². The van der Waals surface area contributed by atoms with Gasteiger partial charge in [0, 0.05) is 19.8 Å². The highest BCUT2D eigenvalue weighted by molar-refractivity contribution is 6.46. The van der Waals surface area contributed by atoms with Gasteiger partial charge < -0.3 is 8.85 Å². The maximum Gasteiger partial charge on any atom is 0.324 e. The van der Waals surface area contributed by atoms with Gasteiger partial charge in [-0.3, -0.25) is 0 Å². The molecule has 1 fully saturated rings. The van der Waals surface area contributed by atoms with E-state index in [1.807, 2.05) is 0 Å². The van der Waals surface area contributed by atoms with Gasteiger partial charge in [0.25, 0.3) is 0 Å². The molecule has 0 amide bonds. The van der Waals surface area contributed by atoms with Crippen molar-refractivity contribution < 1.29 is 8.85 Å². The second-order valence-corrected chi connectivity index (χ2v) is 8.10. The van der Waals surface area contributed by atoms with Gasteiger partial charge in [0.05, 0.1) is 0 Å². The van der Waals surface area contributed by atoms with Gasteiger partial charge in [0.2, 0.25) is 0 Å². The molecule has 1 aliphatic carbocycles. The summed E-state index contributed by atoms with van der Waals surface area (Å²) in [5.74, 6) is 0.854. The van der Waals surface area contributed by atoms with E-state index in [-0.39, 0.29) is 0 Å². The molecule has 0 aromatic rings. The summed E-state index contributed by atoms with van der Waals surface area (Å²) in [5, 5.41) is 0. The van der Waals surface area contributed by atoms with Crippen LogP contribution in [0.3, 0.4) is 0 Å². The van der Waals surface area contributed by atoms with Crippen LogP contribution >= 0.6 is 0 Å². The molecule has 0 aromatic carbocycles. The van der Waals surface area contributed by atoms with E-state index in [0.29, 0.717) is 5.41 Å². The number of hydrogen-bond donors (Lipinski definition) is 0. The average molecular weight is 216 g/mol. The monoisotopic (exact) mass is 216 g/mol. The van der Waals surface area contributed by atoms with Gasteiger partial charge in [-0.15, -0.1) is 0 Å². The lowest BCUT2D eigenvalue weighted by molar-refractivity contribution is 0.236. The lowest BCUT2D eigenvalue weighted by Gasteiger charge is -2.27. The smallest absolute Gasteiger partial charge is 0.324 e. The summed E-state index contributed by atoms with van der Waals surface area (Å²) >= 11 is 0. The minimum atomic E-state index is -1.35. The fraction of sp³-hybridized carbons (Fsp3) is 1.00. The van der Waals surface area contributed by atoms with E-state index >= 15 is 0 Å². The molecule has 0 heterocycles. The zero-order valence-electron chi connectivity index (χ0n) is 10.2. The first kappa shape index (κ1) is 12.2. The second kappa shape index (κ2) is 4.77.